The highest BCUT2D eigenvalue weighted by Gasteiger charge is 2.15. The number of benzene rings is 2. The largest absolute Gasteiger partial charge is 0.398 e. The minimum atomic E-state index is -4.50. The molecule has 0 bridgehead atoms. The first-order valence-corrected chi connectivity index (χ1v) is 11.4. The van der Waals surface area contributed by atoms with Crippen molar-refractivity contribution < 1.29 is 17.8 Å². The number of azo groups is 1. The molecule has 0 saturated carbocycles. The monoisotopic (exact) mass is 456 g/mol. The van der Waals surface area contributed by atoms with Gasteiger partial charge in [0.15, 0.2) is 0 Å². The molecule has 0 atom stereocenters. The number of nitrogens with one attached hydrogen (secondary N) is 1. The van der Waals surface area contributed by atoms with E-state index in [9.17, 15) is 17.8 Å². The topological polar surface area (TPSA) is 134 Å². The van der Waals surface area contributed by atoms with Crippen LogP contribution in [0.2, 0.25) is 5.02 Å². The Labute approximate surface area is 178 Å². The van der Waals surface area contributed by atoms with Crippen LogP contribution in [0.5, 0.6) is 0 Å². The molecular formula is C18H21ClN4O4S2. The molecule has 1 amide bonds. The Kier molecular flexibility index (Phi) is 8.03. The quantitative estimate of drug-likeness (QED) is 0.159. The van der Waals surface area contributed by atoms with Crippen molar-refractivity contribution in [1.29, 1.82) is 0 Å². The van der Waals surface area contributed by atoms with Gasteiger partial charge >= 0.3 is 0 Å². The van der Waals surface area contributed by atoms with Crippen molar-refractivity contribution in [1.82, 2.24) is 0 Å². The highest BCUT2D eigenvalue weighted by atomic mass is 35.5. The van der Waals surface area contributed by atoms with Crippen LogP contribution < -0.4 is 11.1 Å². The van der Waals surface area contributed by atoms with Crippen molar-refractivity contribution in [3.05, 3.63) is 35.4 Å². The Morgan fingerprint density at radius 3 is 2.62 bits per heavy atom. The van der Waals surface area contributed by atoms with Crippen LogP contribution in [0.3, 0.4) is 0 Å². The van der Waals surface area contributed by atoms with E-state index in [0.717, 1.165) is 29.6 Å². The molecule has 0 aromatic heterocycles. The van der Waals surface area contributed by atoms with Crippen LogP contribution in [0.25, 0.3) is 0 Å². The van der Waals surface area contributed by atoms with E-state index in [-0.39, 0.29) is 16.6 Å². The average Bonchev–Trinajstić information content (AvgIpc) is 2.62. The Bertz CT molecular complexity index is 1040. The van der Waals surface area contributed by atoms with Crippen molar-refractivity contribution in [2.24, 2.45) is 10.2 Å². The van der Waals surface area contributed by atoms with Crippen molar-refractivity contribution in [2.45, 2.75) is 36.5 Å². The fourth-order valence-corrected chi connectivity index (χ4v) is 4.34. The number of hydrogen-bond acceptors (Lipinski definition) is 7. The molecule has 0 spiro atoms. The Hall–Kier alpha value is -2.14. The lowest BCUT2D eigenvalue weighted by atomic mass is 10.2. The van der Waals surface area contributed by atoms with Crippen LogP contribution in [0.4, 0.5) is 22.7 Å². The summed E-state index contributed by atoms with van der Waals surface area (Å²) in [5.74, 6) is 0.582. The van der Waals surface area contributed by atoms with Crippen molar-refractivity contribution in [3.63, 3.8) is 0 Å². The SMILES string of the molecule is CCCCSc1cc(N=Nc2ccc(Cl)c(S(=O)(=O)O)c2)c(NC(C)=O)cc1N. The molecular weight excluding hydrogens is 436 g/mol. The second-order valence-electron chi connectivity index (χ2n) is 6.08. The number of nitrogens with two attached hydrogens (primary N) is 1. The first-order valence-electron chi connectivity index (χ1n) is 8.64. The van der Waals surface area contributed by atoms with E-state index in [4.69, 9.17) is 17.3 Å². The molecule has 0 unspecified atom stereocenters. The zero-order chi connectivity index (χ0) is 21.6. The maximum absolute atomic E-state index is 11.5. The third kappa shape index (κ3) is 6.70. The maximum atomic E-state index is 11.5. The highest BCUT2D eigenvalue weighted by molar-refractivity contribution is 7.99. The Morgan fingerprint density at radius 1 is 1.28 bits per heavy atom. The molecule has 0 aliphatic rings. The molecule has 2 aromatic carbocycles. The summed E-state index contributed by atoms with van der Waals surface area (Å²) in [5.41, 5.74) is 7.49. The number of halogens is 1. The number of carbonyl (C=O) groups is 1. The number of unbranched alkanes of at least 4 members (excludes halogenated alkanes) is 1. The molecule has 0 fully saturated rings. The Morgan fingerprint density at radius 2 is 2.00 bits per heavy atom. The third-order valence-electron chi connectivity index (χ3n) is 3.66. The van der Waals surface area contributed by atoms with Crippen LogP contribution in [0.1, 0.15) is 26.7 Å². The molecule has 2 aromatic rings. The summed E-state index contributed by atoms with van der Waals surface area (Å²) in [6.07, 6.45) is 2.08. The van der Waals surface area contributed by atoms with Crippen LogP contribution >= 0.6 is 23.4 Å². The van der Waals surface area contributed by atoms with E-state index in [1.54, 1.807) is 23.9 Å². The van der Waals surface area contributed by atoms with Gasteiger partial charge < -0.3 is 11.1 Å². The van der Waals surface area contributed by atoms with Crippen LogP contribution in [-0.2, 0) is 14.9 Å². The van der Waals surface area contributed by atoms with Crippen molar-refractivity contribution in [3.8, 4) is 0 Å². The van der Waals surface area contributed by atoms with Gasteiger partial charge in [-0.2, -0.15) is 13.5 Å². The maximum Gasteiger partial charge on any atom is 0.296 e. The normalized spacial score (nSPS) is 11.7. The van der Waals surface area contributed by atoms with Gasteiger partial charge in [-0.3, -0.25) is 9.35 Å². The molecule has 156 valence electrons. The summed E-state index contributed by atoms with van der Waals surface area (Å²) < 4.78 is 32.0. The number of amides is 1. The smallest absolute Gasteiger partial charge is 0.296 e. The fourth-order valence-electron chi connectivity index (χ4n) is 2.27. The number of anilines is 2. The van der Waals surface area contributed by atoms with Gasteiger partial charge in [-0.15, -0.1) is 16.9 Å². The standard InChI is InChI=1S/C18H21ClN4O4S2/c1-3-4-7-28-17-10-16(15(9-14(17)20)21-11(2)24)23-22-12-5-6-13(19)18(8-12)29(25,26)27/h5-6,8-10H,3-4,7,20H2,1-2H3,(H,21,24)(H,25,26,27). The molecule has 29 heavy (non-hydrogen) atoms. The van der Waals surface area contributed by atoms with Crippen molar-refractivity contribution >= 4 is 62.1 Å². The molecule has 0 aliphatic carbocycles. The second kappa shape index (κ2) is 10.1. The number of thioether (sulfide) groups is 1. The average molecular weight is 457 g/mol. The van der Waals surface area contributed by atoms with Gasteiger partial charge in [-0.1, -0.05) is 24.9 Å². The summed E-state index contributed by atoms with van der Waals surface area (Å²) in [7, 11) is -4.50. The Balaban J connectivity index is 2.43. The van der Waals surface area contributed by atoms with E-state index in [1.807, 2.05) is 0 Å². The summed E-state index contributed by atoms with van der Waals surface area (Å²) >= 11 is 7.38. The first kappa shape index (κ1) is 23.1. The van der Waals surface area contributed by atoms with Gasteiger partial charge in [0.25, 0.3) is 10.1 Å². The van der Waals surface area contributed by atoms with Gasteiger partial charge in [0.2, 0.25) is 5.91 Å². The minimum Gasteiger partial charge on any atom is -0.398 e. The van der Waals surface area contributed by atoms with Gasteiger partial charge in [0, 0.05) is 17.5 Å². The fraction of sp³-hybridized carbons (Fsp3) is 0.278. The van der Waals surface area contributed by atoms with Gasteiger partial charge in [-0.05, 0) is 42.5 Å². The summed E-state index contributed by atoms with van der Waals surface area (Å²) in [6, 6.07) is 7.17. The number of hydrogen-bond donors (Lipinski definition) is 3. The van der Waals surface area contributed by atoms with Crippen LogP contribution in [0, 0.1) is 0 Å². The van der Waals surface area contributed by atoms with E-state index in [0.29, 0.717) is 17.1 Å². The second-order valence-corrected chi connectivity index (χ2v) is 9.01. The number of rotatable bonds is 8. The molecule has 0 heterocycles. The van der Waals surface area contributed by atoms with Gasteiger partial charge in [-0.25, -0.2) is 0 Å². The van der Waals surface area contributed by atoms with Crippen LogP contribution in [-0.4, -0.2) is 24.6 Å². The third-order valence-corrected chi connectivity index (χ3v) is 6.15. The van der Waals surface area contributed by atoms with Gasteiger partial charge in [0.05, 0.1) is 16.4 Å². The number of nitrogens with zero attached hydrogens (tertiary/aromatic N) is 2. The number of carbonyl (C=O) groups excluding carboxylic acids is 1. The first-order chi connectivity index (χ1) is 13.6. The lowest BCUT2D eigenvalue weighted by molar-refractivity contribution is -0.114. The molecule has 2 rings (SSSR count). The molecule has 0 saturated heterocycles. The minimum absolute atomic E-state index is 0.132. The summed E-state index contributed by atoms with van der Waals surface area (Å²) in [4.78, 5) is 11.8. The molecule has 11 heteroatoms. The lowest BCUT2D eigenvalue weighted by Gasteiger charge is -2.11. The van der Waals surface area contributed by atoms with E-state index in [1.165, 1.54) is 19.1 Å². The predicted octanol–water partition coefficient (Wildman–Crippen LogP) is 5.43. The number of nitrogen functional groups attached to an aromatic ring is 1. The van der Waals surface area contributed by atoms with E-state index in [2.05, 4.69) is 22.5 Å². The molecule has 0 aliphatic heterocycles. The summed E-state index contributed by atoms with van der Waals surface area (Å²) in [5, 5.41) is 10.7. The summed E-state index contributed by atoms with van der Waals surface area (Å²) in [6.45, 7) is 3.45. The zero-order valence-electron chi connectivity index (χ0n) is 15.8. The van der Waals surface area contributed by atoms with Crippen LogP contribution in [0.15, 0.2) is 50.4 Å². The predicted molar refractivity (Wildman–Crippen MR) is 116 cm³/mol. The molecule has 0 radical (unpaired) electrons. The zero-order valence-corrected chi connectivity index (χ0v) is 18.2. The van der Waals surface area contributed by atoms with Crippen molar-refractivity contribution in [2.75, 3.05) is 16.8 Å². The molecule has 4 N–H and O–H groups in total. The van der Waals surface area contributed by atoms with Gasteiger partial charge in [0.1, 0.15) is 10.6 Å². The molecule has 8 nitrogen and oxygen atoms in total. The highest BCUT2D eigenvalue weighted by Crippen LogP contribution is 2.37. The lowest BCUT2D eigenvalue weighted by Crippen LogP contribution is -2.06. The van der Waals surface area contributed by atoms with E-state index < -0.39 is 15.0 Å². The van der Waals surface area contributed by atoms with E-state index >= 15 is 0 Å².